The number of esters is 1. The Kier molecular flexibility index (Phi) is 7.61. The Bertz CT molecular complexity index is 1160. The SMILES string of the molecule is COc1ccc(S(=O)(=O)N2CCCCC2)cc1NC(=O)COC(=O)c1cccc([N+](=O)[O-])c1. The number of methoxy groups -OCH3 is 1. The van der Waals surface area contributed by atoms with E-state index in [1.54, 1.807) is 0 Å². The number of rotatable bonds is 8. The maximum absolute atomic E-state index is 12.9. The molecular weight excluding hydrogens is 454 g/mol. The number of hydrogen-bond donors (Lipinski definition) is 1. The third-order valence-electron chi connectivity index (χ3n) is 5.02. The molecule has 1 aliphatic rings. The highest BCUT2D eigenvalue weighted by molar-refractivity contribution is 7.89. The summed E-state index contributed by atoms with van der Waals surface area (Å²) < 4.78 is 37.4. The van der Waals surface area contributed by atoms with Crippen LogP contribution in [0.2, 0.25) is 0 Å². The van der Waals surface area contributed by atoms with Crippen LogP contribution in [-0.2, 0) is 19.6 Å². The topological polar surface area (TPSA) is 145 Å². The Morgan fingerprint density at radius 2 is 1.85 bits per heavy atom. The molecule has 0 bridgehead atoms. The minimum atomic E-state index is -3.73. The van der Waals surface area contributed by atoms with E-state index in [1.165, 1.54) is 47.8 Å². The molecule has 0 saturated carbocycles. The number of non-ortho nitro benzene ring substituents is 1. The Labute approximate surface area is 190 Å². The van der Waals surface area contributed by atoms with Crippen molar-refractivity contribution in [2.24, 2.45) is 0 Å². The van der Waals surface area contributed by atoms with Crippen LogP contribution in [0.5, 0.6) is 5.75 Å². The second-order valence-electron chi connectivity index (χ2n) is 7.26. The van der Waals surface area contributed by atoms with Gasteiger partial charge in [-0.1, -0.05) is 12.5 Å². The molecule has 0 radical (unpaired) electrons. The van der Waals surface area contributed by atoms with Crippen LogP contribution in [0.15, 0.2) is 47.4 Å². The molecule has 0 unspecified atom stereocenters. The molecule has 0 aliphatic carbocycles. The second kappa shape index (κ2) is 10.4. The van der Waals surface area contributed by atoms with Crippen molar-refractivity contribution in [2.75, 3.05) is 32.1 Å². The maximum atomic E-state index is 12.9. The van der Waals surface area contributed by atoms with Crippen molar-refractivity contribution in [3.63, 3.8) is 0 Å². The summed E-state index contributed by atoms with van der Waals surface area (Å²) in [5.41, 5.74) is -0.262. The fraction of sp³-hybridized carbons (Fsp3) is 0.333. The van der Waals surface area contributed by atoms with Crippen molar-refractivity contribution < 1.29 is 32.4 Å². The number of piperidine rings is 1. The number of carbonyl (C=O) groups is 2. The summed E-state index contributed by atoms with van der Waals surface area (Å²) in [6, 6.07) is 9.05. The Hall–Kier alpha value is -3.51. The molecule has 176 valence electrons. The van der Waals surface area contributed by atoms with Crippen molar-refractivity contribution in [1.29, 1.82) is 0 Å². The highest BCUT2D eigenvalue weighted by Gasteiger charge is 2.27. The van der Waals surface area contributed by atoms with E-state index in [4.69, 9.17) is 9.47 Å². The quantitative estimate of drug-likeness (QED) is 0.347. The molecule has 2 aromatic carbocycles. The van der Waals surface area contributed by atoms with Gasteiger partial charge in [-0.3, -0.25) is 14.9 Å². The zero-order valence-electron chi connectivity index (χ0n) is 17.9. The van der Waals surface area contributed by atoms with Crippen molar-refractivity contribution >= 4 is 33.3 Å². The zero-order chi connectivity index (χ0) is 24.0. The molecule has 1 fully saturated rings. The summed E-state index contributed by atoms with van der Waals surface area (Å²) in [4.78, 5) is 34.7. The fourth-order valence-corrected chi connectivity index (χ4v) is 4.89. The maximum Gasteiger partial charge on any atom is 0.338 e. The number of nitro benzene ring substituents is 1. The summed E-state index contributed by atoms with van der Waals surface area (Å²) >= 11 is 0. The van der Waals surface area contributed by atoms with Gasteiger partial charge in [0.25, 0.3) is 11.6 Å². The minimum absolute atomic E-state index is 0.00842. The van der Waals surface area contributed by atoms with Gasteiger partial charge in [-0.15, -0.1) is 0 Å². The smallest absolute Gasteiger partial charge is 0.338 e. The number of amides is 1. The van der Waals surface area contributed by atoms with Crippen LogP contribution in [0.1, 0.15) is 29.6 Å². The Balaban J connectivity index is 1.69. The van der Waals surface area contributed by atoms with Gasteiger partial charge in [0.05, 0.1) is 28.2 Å². The number of sulfonamides is 1. The average molecular weight is 477 g/mol. The number of nitrogens with zero attached hydrogens (tertiary/aromatic N) is 2. The van der Waals surface area contributed by atoms with E-state index in [1.807, 2.05) is 0 Å². The molecule has 11 nitrogen and oxygen atoms in total. The Morgan fingerprint density at radius 1 is 1.12 bits per heavy atom. The lowest BCUT2D eigenvalue weighted by Crippen LogP contribution is -2.35. The van der Waals surface area contributed by atoms with Gasteiger partial charge in [0, 0.05) is 25.2 Å². The van der Waals surface area contributed by atoms with E-state index >= 15 is 0 Å². The van der Waals surface area contributed by atoms with Crippen molar-refractivity contribution in [2.45, 2.75) is 24.2 Å². The molecule has 3 rings (SSSR count). The second-order valence-corrected chi connectivity index (χ2v) is 9.20. The number of carbonyl (C=O) groups excluding carboxylic acids is 2. The molecule has 1 heterocycles. The standard InChI is InChI=1S/C21H23N3O8S/c1-31-19-9-8-17(33(29,30)23-10-3-2-4-11-23)13-18(19)22-20(25)14-32-21(26)15-6-5-7-16(12-15)24(27)28/h5-9,12-13H,2-4,10-11,14H2,1H3,(H,22,25). The fourth-order valence-electron chi connectivity index (χ4n) is 3.35. The van der Waals surface area contributed by atoms with Crippen molar-refractivity contribution in [3.05, 3.63) is 58.1 Å². The molecule has 2 aromatic rings. The zero-order valence-corrected chi connectivity index (χ0v) is 18.7. The first-order chi connectivity index (χ1) is 15.7. The highest BCUT2D eigenvalue weighted by Crippen LogP contribution is 2.30. The molecule has 0 spiro atoms. The first-order valence-electron chi connectivity index (χ1n) is 10.1. The van der Waals surface area contributed by atoms with E-state index in [2.05, 4.69) is 5.32 Å². The monoisotopic (exact) mass is 477 g/mol. The lowest BCUT2D eigenvalue weighted by molar-refractivity contribution is -0.384. The summed E-state index contributed by atoms with van der Waals surface area (Å²) in [5, 5.41) is 13.3. The molecule has 0 atom stereocenters. The molecule has 1 amide bonds. The first kappa shape index (κ1) is 24.1. The van der Waals surface area contributed by atoms with Gasteiger partial charge >= 0.3 is 5.97 Å². The molecule has 1 saturated heterocycles. The van der Waals surface area contributed by atoms with Crippen LogP contribution in [0, 0.1) is 10.1 Å². The number of hydrogen-bond acceptors (Lipinski definition) is 8. The van der Waals surface area contributed by atoms with Gasteiger partial charge in [0.2, 0.25) is 10.0 Å². The van der Waals surface area contributed by atoms with Crippen LogP contribution in [0.4, 0.5) is 11.4 Å². The number of nitrogens with one attached hydrogen (secondary N) is 1. The van der Waals surface area contributed by atoms with Crippen LogP contribution < -0.4 is 10.1 Å². The van der Waals surface area contributed by atoms with Crippen LogP contribution in [0.3, 0.4) is 0 Å². The molecule has 1 aliphatic heterocycles. The van der Waals surface area contributed by atoms with E-state index in [-0.39, 0.29) is 27.6 Å². The molecule has 12 heteroatoms. The van der Waals surface area contributed by atoms with Crippen molar-refractivity contribution in [1.82, 2.24) is 4.31 Å². The third-order valence-corrected chi connectivity index (χ3v) is 6.92. The highest BCUT2D eigenvalue weighted by atomic mass is 32.2. The van der Waals surface area contributed by atoms with Crippen LogP contribution >= 0.6 is 0 Å². The number of nitro groups is 1. The van der Waals surface area contributed by atoms with Gasteiger partial charge in [-0.05, 0) is 37.1 Å². The molecule has 1 N–H and O–H groups in total. The van der Waals surface area contributed by atoms with Crippen LogP contribution in [-0.4, -0.2) is 56.3 Å². The van der Waals surface area contributed by atoms with Gasteiger partial charge in [-0.25, -0.2) is 13.2 Å². The summed E-state index contributed by atoms with van der Waals surface area (Å²) in [6.45, 7) is 0.182. The predicted molar refractivity (Wildman–Crippen MR) is 118 cm³/mol. The molecule has 0 aromatic heterocycles. The van der Waals surface area contributed by atoms with Crippen molar-refractivity contribution in [3.8, 4) is 5.75 Å². The van der Waals surface area contributed by atoms with E-state index in [0.717, 1.165) is 25.3 Å². The Morgan fingerprint density at radius 3 is 2.52 bits per heavy atom. The van der Waals surface area contributed by atoms with E-state index < -0.39 is 33.4 Å². The van der Waals surface area contributed by atoms with Gasteiger partial charge in [0.1, 0.15) is 5.75 Å². The average Bonchev–Trinajstić information content (AvgIpc) is 2.83. The number of ether oxygens (including phenoxy) is 2. The molecule has 33 heavy (non-hydrogen) atoms. The predicted octanol–water partition coefficient (Wildman–Crippen LogP) is 2.57. The van der Waals surface area contributed by atoms with E-state index in [0.29, 0.717) is 13.1 Å². The largest absolute Gasteiger partial charge is 0.495 e. The lowest BCUT2D eigenvalue weighted by Gasteiger charge is -2.26. The normalized spacial score (nSPS) is 14.3. The van der Waals surface area contributed by atoms with E-state index in [9.17, 15) is 28.1 Å². The minimum Gasteiger partial charge on any atom is -0.495 e. The van der Waals surface area contributed by atoms with Crippen LogP contribution in [0.25, 0.3) is 0 Å². The van der Waals surface area contributed by atoms with Gasteiger partial charge in [-0.2, -0.15) is 4.31 Å². The van der Waals surface area contributed by atoms with Gasteiger partial charge < -0.3 is 14.8 Å². The number of benzene rings is 2. The number of anilines is 1. The molecular formula is C21H23N3O8S. The summed E-state index contributed by atoms with van der Waals surface area (Å²) in [7, 11) is -2.36. The van der Waals surface area contributed by atoms with Gasteiger partial charge in [0.15, 0.2) is 6.61 Å². The third kappa shape index (κ3) is 5.84. The summed E-state index contributed by atoms with van der Waals surface area (Å²) in [5.74, 6) is -1.42. The first-order valence-corrected chi connectivity index (χ1v) is 11.6. The lowest BCUT2D eigenvalue weighted by atomic mass is 10.2. The summed E-state index contributed by atoms with van der Waals surface area (Å²) in [6.07, 6.45) is 2.55.